The zero-order valence-electron chi connectivity index (χ0n) is 17.2. The molecule has 160 valence electrons. The third-order valence-electron chi connectivity index (χ3n) is 6.46. The molecule has 1 amide bonds. The van der Waals surface area contributed by atoms with E-state index in [2.05, 4.69) is 25.8 Å². The predicted molar refractivity (Wildman–Crippen MR) is 109 cm³/mol. The summed E-state index contributed by atoms with van der Waals surface area (Å²) in [5.74, 6) is 2.15. The maximum atomic E-state index is 12.9. The summed E-state index contributed by atoms with van der Waals surface area (Å²) in [4.78, 5) is 15.4. The van der Waals surface area contributed by atoms with Crippen LogP contribution in [0.4, 0.5) is 0 Å². The van der Waals surface area contributed by atoms with Gasteiger partial charge in [-0.15, -0.1) is 5.10 Å². The first kappa shape index (κ1) is 19.3. The molecule has 1 aromatic carbocycles. The molecule has 4 atom stereocenters. The monoisotopic (exact) mass is 412 g/mol. The maximum absolute atomic E-state index is 12.9. The van der Waals surface area contributed by atoms with Gasteiger partial charge in [0.2, 0.25) is 12.7 Å². The number of amides is 1. The van der Waals surface area contributed by atoms with Gasteiger partial charge in [-0.05, 0) is 50.0 Å². The van der Waals surface area contributed by atoms with E-state index in [9.17, 15) is 4.79 Å². The summed E-state index contributed by atoms with van der Waals surface area (Å²) in [7, 11) is 1.91. The molecular formula is C21H28N6O3. The van der Waals surface area contributed by atoms with Crippen molar-refractivity contribution in [2.75, 3.05) is 26.9 Å². The molecule has 2 N–H and O–H groups in total. The minimum atomic E-state index is 0.0552. The van der Waals surface area contributed by atoms with Crippen LogP contribution in [0.25, 0.3) is 0 Å². The standard InChI is InChI=1S/C21H28N6O3/c1-22-9-16-10-27(25-24-16)11-17-7-15-4-5-26(17)12-18(15)21(28)23-8-14-2-3-19-20(6-14)30-13-29-19/h2-3,6,10,15,17-18,22H,4-5,7-9,11-13H2,1H3,(H,23,28). The molecular weight excluding hydrogens is 384 g/mol. The van der Waals surface area contributed by atoms with Gasteiger partial charge in [-0.1, -0.05) is 11.3 Å². The van der Waals surface area contributed by atoms with Gasteiger partial charge in [0.1, 0.15) is 0 Å². The fourth-order valence-electron chi connectivity index (χ4n) is 4.90. The van der Waals surface area contributed by atoms with Gasteiger partial charge < -0.3 is 20.1 Å². The lowest BCUT2D eigenvalue weighted by Crippen LogP contribution is -2.58. The number of hydrogen-bond acceptors (Lipinski definition) is 7. The zero-order chi connectivity index (χ0) is 20.5. The molecule has 4 aliphatic heterocycles. The molecule has 3 fully saturated rings. The number of fused-ring (bicyclic) bond motifs is 4. The molecule has 4 aliphatic rings. The normalized spacial score (nSPS) is 26.7. The second-order valence-electron chi connectivity index (χ2n) is 8.41. The van der Waals surface area contributed by atoms with Crippen molar-refractivity contribution in [2.45, 2.75) is 38.5 Å². The Kier molecular flexibility index (Phi) is 5.30. The summed E-state index contributed by atoms with van der Waals surface area (Å²) < 4.78 is 12.7. The topological polar surface area (TPSA) is 93.5 Å². The molecule has 5 heterocycles. The van der Waals surface area contributed by atoms with Crippen LogP contribution in [0.5, 0.6) is 11.5 Å². The molecule has 0 spiro atoms. The number of aromatic nitrogens is 3. The van der Waals surface area contributed by atoms with Gasteiger partial charge in [0.25, 0.3) is 0 Å². The SMILES string of the molecule is CNCc1cn(CC2CC3CCN2CC3C(=O)NCc2ccc3c(c2)OCO3)nn1. The number of nitrogens with one attached hydrogen (secondary N) is 2. The van der Waals surface area contributed by atoms with Crippen LogP contribution in [0.3, 0.4) is 0 Å². The van der Waals surface area contributed by atoms with Crippen molar-refractivity contribution in [3.05, 3.63) is 35.7 Å². The van der Waals surface area contributed by atoms with E-state index in [0.29, 0.717) is 18.5 Å². The molecule has 9 heteroatoms. The van der Waals surface area contributed by atoms with E-state index in [1.165, 1.54) is 0 Å². The van der Waals surface area contributed by atoms with Crippen LogP contribution in [0.1, 0.15) is 24.1 Å². The number of carbonyl (C=O) groups is 1. The summed E-state index contributed by atoms with van der Waals surface area (Å²) in [5.41, 5.74) is 1.98. The van der Waals surface area contributed by atoms with Crippen molar-refractivity contribution in [1.82, 2.24) is 30.5 Å². The fourth-order valence-corrected chi connectivity index (χ4v) is 4.90. The first-order valence-corrected chi connectivity index (χ1v) is 10.6. The Hall–Kier alpha value is -2.65. The molecule has 30 heavy (non-hydrogen) atoms. The lowest BCUT2D eigenvalue weighted by molar-refractivity contribution is -0.133. The minimum absolute atomic E-state index is 0.0552. The van der Waals surface area contributed by atoms with Crippen LogP contribution < -0.4 is 20.1 Å². The van der Waals surface area contributed by atoms with Gasteiger partial charge in [0, 0.05) is 31.9 Å². The van der Waals surface area contributed by atoms with E-state index >= 15 is 0 Å². The Morgan fingerprint density at radius 2 is 2.17 bits per heavy atom. The summed E-state index contributed by atoms with van der Waals surface area (Å²) in [6.07, 6.45) is 4.12. The highest BCUT2D eigenvalue weighted by Crippen LogP contribution is 2.37. The number of benzene rings is 1. The van der Waals surface area contributed by atoms with Crippen LogP contribution >= 0.6 is 0 Å². The first-order valence-electron chi connectivity index (χ1n) is 10.6. The van der Waals surface area contributed by atoms with Crippen LogP contribution in [0.15, 0.2) is 24.4 Å². The molecule has 0 radical (unpaired) electrons. The van der Waals surface area contributed by atoms with Gasteiger partial charge in [-0.25, -0.2) is 0 Å². The Balaban J connectivity index is 1.16. The Morgan fingerprint density at radius 3 is 3.00 bits per heavy atom. The van der Waals surface area contributed by atoms with Crippen molar-refractivity contribution in [3.8, 4) is 11.5 Å². The molecule has 9 nitrogen and oxygen atoms in total. The van der Waals surface area contributed by atoms with Gasteiger partial charge in [-0.3, -0.25) is 14.4 Å². The van der Waals surface area contributed by atoms with E-state index in [4.69, 9.17) is 9.47 Å². The van der Waals surface area contributed by atoms with Crippen LogP contribution in [-0.4, -0.2) is 58.8 Å². The van der Waals surface area contributed by atoms with Gasteiger partial charge in [0.05, 0.1) is 18.2 Å². The Morgan fingerprint density at radius 1 is 1.27 bits per heavy atom. The zero-order valence-corrected chi connectivity index (χ0v) is 17.2. The molecule has 4 unspecified atom stereocenters. The van der Waals surface area contributed by atoms with E-state index in [-0.39, 0.29) is 18.6 Å². The summed E-state index contributed by atoms with van der Waals surface area (Å²) >= 11 is 0. The number of piperidine rings is 3. The third-order valence-corrected chi connectivity index (χ3v) is 6.46. The summed E-state index contributed by atoms with van der Waals surface area (Å²) in [6, 6.07) is 6.23. The van der Waals surface area contributed by atoms with E-state index in [1.807, 2.05) is 36.1 Å². The van der Waals surface area contributed by atoms with Crippen molar-refractivity contribution >= 4 is 5.91 Å². The summed E-state index contributed by atoms with van der Waals surface area (Å²) in [5, 5.41) is 14.7. The molecule has 3 saturated heterocycles. The summed E-state index contributed by atoms with van der Waals surface area (Å²) in [6.45, 7) is 4.20. The van der Waals surface area contributed by atoms with Crippen molar-refractivity contribution < 1.29 is 14.3 Å². The largest absolute Gasteiger partial charge is 0.454 e. The predicted octanol–water partition coefficient (Wildman–Crippen LogP) is 0.753. The quantitative estimate of drug-likeness (QED) is 0.693. The lowest BCUT2D eigenvalue weighted by atomic mass is 9.75. The number of carbonyl (C=O) groups excluding carboxylic acids is 1. The van der Waals surface area contributed by atoms with E-state index < -0.39 is 0 Å². The second kappa shape index (κ2) is 8.23. The molecule has 2 aromatic rings. The highest BCUT2D eigenvalue weighted by molar-refractivity contribution is 5.79. The van der Waals surface area contributed by atoms with Gasteiger partial charge in [0.15, 0.2) is 11.5 Å². The van der Waals surface area contributed by atoms with E-state index in [0.717, 1.165) is 61.8 Å². The molecule has 0 aliphatic carbocycles. The van der Waals surface area contributed by atoms with E-state index in [1.54, 1.807) is 0 Å². The Bertz CT molecular complexity index is 916. The smallest absolute Gasteiger partial charge is 0.231 e. The van der Waals surface area contributed by atoms with Gasteiger partial charge in [-0.2, -0.15) is 0 Å². The van der Waals surface area contributed by atoms with Gasteiger partial charge >= 0.3 is 0 Å². The van der Waals surface area contributed by atoms with Crippen LogP contribution in [0, 0.1) is 11.8 Å². The van der Waals surface area contributed by atoms with Crippen molar-refractivity contribution in [1.29, 1.82) is 0 Å². The van der Waals surface area contributed by atoms with Crippen molar-refractivity contribution in [3.63, 3.8) is 0 Å². The first-order chi connectivity index (χ1) is 14.7. The fraction of sp³-hybridized carbons (Fsp3) is 0.571. The number of nitrogens with zero attached hydrogens (tertiary/aromatic N) is 4. The molecule has 6 rings (SSSR count). The highest BCUT2D eigenvalue weighted by atomic mass is 16.7. The highest BCUT2D eigenvalue weighted by Gasteiger charge is 2.43. The third kappa shape index (κ3) is 3.87. The minimum Gasteiger partial charge on any atom is -0.454 e. The van der Waals surface area contributed by atoms with Crippen molar-refractivity contribution in [2.24, 2.45) is 11.8 Å². The van der Waals surface area contributed by atoms with Crippen LogP contribution in [-0.2, 0) is 24.4 Å². The number of hydrogen-bond donors (Lipinski definition) is 2. The second-order valence-corrected chi connectivity index (χ2v) is 8.41. The molecule has 1 aromatic heterocycles. The van der Waals surface area contributed by atoms with Crippen LogP contribution in [0.2, 0.25) is 0 Å². The molecule has 0 saturated carbocycles. The maximum Gasteiger partial charge on any atom is 0.231 e. The molecule has 2 bridgehead atoms. The average Bonchev–Trinajstić information content (AvgIpc) is 3.41. The Labute approximate surface area is 175 Å². The number of rotatable bonds is 7. The lowest BCUT2D eigenvalue weighted by Gasteiger charge is -2.49. The number of ether oxygens (including phenoxy) is 2. The average molecular weight is 412 g/mol.